The number of anilines is 1. The Morgan fingerprint density at radius 2 is 1.60 bits per heavy atom. The molecule has 0 fully saturated rings. The number of carboxylic acids is 1. The van der Waals surface area contributed by atoms with Crippen LogP contribution in [0.5, 0.6) is 0 Å². The van der Waals surface area contributed by atoms with Gasteiger partial charge in [0.1, 0.15) is 6.04 Å². The van der Waals surface area contributed by atoms with Crippen molar-refractivity contribution >= 4 is 17.6 Å². The van der Waals surface area contributed by atoms with E-state index < -0.39 is 12.0 Å². The molecule has 3 N–H and O–H groups in total. The second-order valence-corrected chi connectivity index (χ2v) is 5.65. The van der Waals surface area contributed by atoms with Gasteiger partial charge in [-0.25, -0.2) is 0 Å². The molecule has 6 nitrogen and oxygen atoms in total. The van der Waals surface area contributed by atoms with E-state index in [2.05, 4.69) is 5.32 Å². The summed E-state index contributed by atoms with van der Waals surface area (Å²) in [5, 5.41) is 21.5. The Kier molecular flexibility index (Phi) is 7.13. The highest BCUT2D eigenvalue weighted by atomic mass is 16.4. The third-order valence-corrected chi connectivity index (χ3v) is 3.78. The summed E-state index contributed by atoms with van der Waals surface area (Å²) in [6.45, 7) is 0.332. The van der Waals surface area contributed by atoms with Gasteiger partial charge in [-0.3, -0.25) is 14.5 Å². The van der Waals surface area contributed by atoms with Crippen LogP contribution in [-0.2, 0) is 16.1 Å². The highest BCUT2D eigenvalue weighted by Crippen LogP contribution is 2.13. The lowest BCUT2D eigenvalue weighted by molar-refractivity contribution is -0.145. The standard InChI is InChI=1S/C19H22N2O4/c22-12-11-21(14-15-7-3-1-4-8-15)17(19(24)25)13-18(23)20-16-9-5-2-6-10-16/h1-10,17,22H,11-14H2,(H,20,23)(H,24,25)/t17-/m0/s1. The zero-order chi connectivity index (χ0) is 18.1. The van der Waals surface area contributed by atoms with Crippen molar-refractivity contribution in [1.29, 1.82) is 0 Å². The van der Waals surface area contributed by atoms with Gasteiger partial charge in [-0.2, -0.15) is 0 Å². The number of nitrogens with zero attached hydrogens (tertiary/aromatic N) is 1. The minimum Gasteiger partial charge on any atom is -0.480 e. The number of para-hydroxylation sites is 1. The van der Waals surface area contributed by atoms with Crippen LogP contribution in [0.2, 0.25) is 0 Å². The first-order valence-corrected chi connectivity index (χ1v) is 8.06. The van der Waals surface area contributed by atoms with Gasteiger partial charge in [0.15, 0.2) is 0 Å². The number of aliphatic hydroxyl groups is 1. The maximum absolute atomic E-state index is 12.2. The molecule has 0 radical (unpaired) electrons. The predicted octanol–water partition coefficient (Wildman–Crippen LogP) is 1.96. The predicted molar refractivity (Wildman–Crippen MR) is 95.1 cm³/mol. The highest BCUT2D eigenvalue weighted by molar-refractivity contribution is 5.94. The summed E-state index contributed by atoms with van der Waals surface area (Å²) < 4.78 is 0. The van der Waals surface area contributed by atoms with E-state index in [9.17, 15) is 19.8 Å². The topological polar surface area (TPSA) is 89.9 Å². The number of nitrogens with one attached hydrogen (secondary N) is 1. The first kappa shape index (κ1) is 18.6. The van der Waals surface area contributed by atoms with Crippen LogP contribution in [0, 0.1) is 0 Å². The number of carbonyl (C=O) groups is 2. The van der Waals surface area contributed by atoms with Crippen LogP contribution in [0.4, 0.5) is 5.69 Å². The lowest BCUT2D eigenvalue weighted by Gasteiger charge is -2.28. The molecular weight excluding hydrogens is 320 g/mol. The molecule has 2 aromatic carbocycles. The summed E-state index contributed by atoms with van der Waals surface area (Å²) in [6, 6.07) is 17.2. The lowest BCUT2D eigenvalue weighted by atomic mass is 10.1. The summed E-state index contributed by atoms with van der Waals surface area (Å²) in [7, 11) is 0. The van der Waals surface area contributed by atoms with Gasteiger partial charge in [0, 0.05) is 18.8 Å². The monoisotopic (exact) mass is 342 g/mol. The molecule has 0 saturated carbocycles. The number of carbonyl (C=O) groups excluding carboxylic acids is 1. The van der Waals surface area contributed by atoms with Gasteiger partial charge in [0.05, 0.1) is 13.0 Å². The molecule has 1 atom stereocenters. The van der Waals surface area contributed by atoms with Crippen LogP contribution in [0.15, 0.2) is 60.7 Å². The summed E-state index contributed by atoms with van der Waals surface area (Å²) in [5.41, 5.74) is 1.54. The fourth-order valence-electron chi connectivity index (χ4n) is 2.57. The summed E-state index contributed by atoms with van der Waals surface area (Å²) in [5.74, 6) is -1.47. The Morgan fingerprint density at radius 3 is 2.16 bits per heavy atom. The van der Waals surface area contributed by atoms with Gasteiger partial charge < -0.3 is 15.5 Å². The molecule has 0 bridgehead atoms. The molecule has 0 heterocycles. The number of hydrogen-bond donors (Lipinski definition) is 3. The van der Waals surface area contributed by atoms with E-state index in [-0.39, 0.29) is 25.5 Å². The van der Waals surface area contributed by atoms with E-state index in [0.29, 0.717) is 12.2 Å². The van der Waals surface area contributed by atoms with Crippen LogP contribution in [-0.4, -0.2) is 46.2 Å². The minimum absolute atomic E-state index is 0.171. The SMILES string of the molecule is O=C(C[C@@H](C(=O)O)N(CCO)Cc1ccccc1)Nc1ccccc1. The Hall–Kier alpha value is -2.70. The van der Waals surface area contributed by atoms with Crippen LogP contribution >= 0.6 is 0 Å². The minimum atomic E-state index is -1.09. The van der Waals surface area contributed by atoms with Crippen molar-refractivity contribution < 1.29 is 19.8 Å². The molecule has 0 spiro atoms. The molecule has 25 heavy (non-hydrogen) atoms. The van der Waals surface area contributed by atoms with Crippen molar-refractivity contribution in [2.45, 2.75) is 19.0 Å². The number of benzene rings is 2. The first-order chi connectivity index (χ1) is 12.1. The highest BCUT2D eigenvalue weighted by Gasteiger charge is 2.28. The largest absolute Gasteiger partial charge is 0.480 e. The average Bonchev–Trinajstić information content (AvgIpc) is 2.61. The molecular formula is C19H22N2O4. The Morgan fingerprint density at radius 1 is 1.00 bits per heavy atom. The molecule has 0 aliphatic rings. The van der Waals surface area contributed by atoms with Gasteiger partial charge in [0.2, 0.25) is 5.91 Å². The quantitative estimate of drug-likeness (QED) is 0.648. The molecule has 6 heteroatoms. The molecule has 2 rings (SSSR count). The van der Waals surface area contributed by atoms with E-state index in [0.717, 1.165) is 5.56 Å². The molecule has 0 saturated heterocycles. The molecule has 1 amide bonds. The van der Waals surface area contributed by atoms with Crippen molar-refractivity contribution in [3.8, 4) is 0 Å². The van der Waals surface area contributed by atoms with Crippen LogP contribution in [0.1, 0.15) is 12.0 Å². The lowest BCUT2D eigenvalue weighted by Crippen LogP contribution is -2.44. The summed E-state index contributed by atoms with van der Waals surface area (Å²) in [4.78, 5) is 25.5. The number of hydrogen-bond acceptors (Lipinski definition) is 4. The maximum atomic E-state index is 12.2. The van der Waals surface area contributed by atoms with E-state index >= 15 is 0 Å². The number of aliphatic carboxylic acids is 1. The van der Waals surface area contributed by atoms with Crippen molar-refractivity contribution in [1.82, 2.24) is 4.90 Å². The third kappa shape index (κ3) is 6.02. The number of aliphatic hydroxyl groups excluding tert-OH is 1. The second kappa shape index (κ2) is 9.56. The molecule has 132 valence electrons. The molecule has 0 unspecified atom stereocenters. The number of amides is 1. The molecule has 2 aromatic rings. The van der Waals surface area contributed by atoms with Gasteiger partial charge in [-0.1, -0.05) is 48.5 Å². The van der Waals surface area contributed by atoms with Crippen molar-refractivity contribution in [3.63, 3.8) is 0 Å². The van der Waals surface area contributed by atoms with Crippen LogP contribution < -0.4 is 5.32 Å². The van der Waals surface area contributed by atoms with Crippen LogP contribution in [0.3, 0.4) is 0 Å². The number of carboxylic acid groups (broad SMARTS) is 1. The Labute approximate surface area is 146 Å². The number of rotatable bonds is 9. The molecule has 0 aromatic heterocycles. The fraction of sp³-hybridized carbons (Fsp3) is 0.263. The van der Waals surface area contributed by atoms with Crippen molar-refractivity contribution in [3.05, 3.63) is 66.2 Å². The van der Waals surface area contributed by atoms with Gasteiger partial charge in [0.25, 0.3) is 0 Å². The van der Waals surface area contributed by atoms with Crippen molar-refractivity contribution in [2.75, 3.05) is 18.5 Å². The summed E-state index contributed by atoms with van der Waals surface area (Å²) >= 11 is 0. The molecule has 0 aliphatic carbocycles. The smallest absolute Gasteiger partial charge is 0.321 e. The third-order valence-electron chi connectivity index (χ3n) is 3.78. The van der Waals surface area contributed by atoms with Gasteiger partial charge >= 0.3 is 5.97 Å². The summed E-state index contributed by atoms with van der Waals surface area (Å²) in [6.07, 6.45) is -0.197. The maximum Gasteiger partial charge on any atom is 0.321 e. The van der Waals surface area contributed by atoms with E-state index in [1.165, 1.54) is 0 Å². The van der Waals surface area contributed by atoms with Crippen LogP contribution in [0.25, 0.3) is 0 Å². The van der Waals surface area contributed by atoms with Gasteiger partial charge in [-0.15, -0.1) is 0 Å². The molecule has 0 aliphatic heterocycles. The Bertz CT molecular complexity index is 676. The van der Waals surface area contributed by atoms with E-state index in [1.807, 2.05) is 36.4 Å². The zero-order valence-corrected chi connectivity index (χ0v) is 13.8. The normalized spacial score (nSPS) is 11.9. The fourth-order valence-corrected chi connectivity index (χ4v) is 2.57. The van der Waals surface area contributed by atoms with E-state index in [1.54, 1.807) is 29.2 Å². The van der Waals surface area contributed by atoms with E-state index in [4.69, 9.17) is 0 Å². The van der Waals surface area contributed by atoms with Crippen molar-refractivity contribution in [2.24, 2.45) is 0 Å². The van der Waals surface area contributed by atoms with Gasteiger partial charge in [-0.05, 0) is 17.7 Å². The Balaban J connectivity index is 2.07. The first-order valence-electron chi connectivity index (χ1n) is 8.06. The second-order valence-electron chi connectivity index (χ2n) is 5.65. The average molecular weight is 342 g/mol. The zero-order valence-electron chi connectivity index (χ0n) is 13.8.